The molecule has 0 bridgehead atoms. The minimum atomic E-state index is 0.205. The zero-order valence-electron chi connectivity index (χ0n) is 13.5. The quantitative estimate of drug-likeness (QED) is 0.715. The standard InChI is InChI=1S/C17H21N5OS/c23-16(11-14-12-21-9-10-24-17(21)19-14)22-6-2-1-3-15(22)4-7-20-8-5-18-13-20/h5,8-10,12-13,15H,1-4,6-7,11H2/t15-/m0/s1. The summed E-state index contributed by atoms with van der Waals surface area (Å²) in [6, 6.07) is 0.331. The number of aromatic nitrogens is 4. The van der Waals surface area contributed by atoms with Crippen LogP contribution in [0, 0.1) is 0 Å². The minimum Gasteiger partial charge on any atom is -0.339 e. The summed E-state index contributed by atoms with van der Waals surface area (Å²) in [6.45, 7) is 1.78. The number of hydrogen-bond donors (Lipinski definition) is 0. The number of imidazole rings is 2. The zero-order chi connectivity index (χ0) is 16.4. The number of carbonyl (C=O) groups excluding carboxylic acids is 1. The largest absolute Gasteiger partial charge is 0.339 e. The first kappa shape index (κ1) is 15.4. The maximum atomic E-state index is 12.8. The van der Waals surface area contributed by atoms with E-state index in [-0.39, 0.29) is 5.91 Å². The molecule has 1 aliphatic rings. The van der Waals surface area contributed by atoms with Crippen LogP contribution < -0.4 is 0 Å². The van der Waals surface area contributed by atoms with Gasteiger partial charge in [-0.3, -0.25) is 9.20 Å². The lowest BCUT2D eigenvalue weighted by Crippen LogP contribution is -2.44. The Hall–Kier alpha value is -2.15. The molecule has 24 heavy (non-hydrogen) atoms. The second-order valence-corrected chi connectivity index (χ2v) is 7.20. The molecule has 4 rings (SSSR count). The molecule has 3 aromatic rings. The molecule has 6 nitrogen and oxygen atoms in total. The van der Waals surface area contributed by atoms with Crippen LogP contribution in [0.25, 0.3) is 4.96 Å². The average Bonchev–Trinajstić information content (AvgIpc) is 3.30. The topological polar surface area (TPSA) is 55.4 Å². The number of likely N-dealkylation sites (tertiary alicyclic amines) is 1. The summed E-state index contributed by atoms with van der Waals surface area (Å²) in [5, 5.41) is 2.00. The van der Waals surface area contributed by atoms with Gasteiger partial charge < -0.3 is 9.47 Å². The van der Waals surface area contributed by atoms with Crippen LogP contribution in [0.1, 0.15) is 31.4 Å². The zero-order valence-corrected chi connectivity index (χ0v) is 14.4. The van der Waals surface area contributed by atoms with E-state index in [1.807, 2.05) is 34.7 Å². The molecule has 1 amide bonds. The van der Waals surface area contributed by atoms with Gasteiger partial charge in [-0.25, -0.2) is 9.97 Å². The number of aryl methyl sites for hydroxylation is 1. The highest BCUT2D eigenvalue weighted by Crippen LogP contribution is 2.22. The number of amides is 1. The predicted octanol–water partition coefficient (Wildman–Crippen LogP) is 2.61. The smallest absolute Gasteiger partial charge is 0.228 e. The maximum absolute atomic E-state index is 12.8. The molecule has 0 aromatic carbocycles. The highest BCUT2D eigenvalue weighted by Gasteiger charge is 2.26. The van der Waals surface area contributed by atoms with E-state index in [2.05, 4.69) is 19.4 Å². The van der Waals surface area contributed by atoms with Gasteiger partial charge in [0.1, 0.15) is 0 Å². The first-order chi connectivity index (χ1) is 11.8. The van der Waals surface area contributed by atoms with Crippen LogP contribution >= 0.6 is 11.3 Å². The van der Waals surface area contributed by atoms with E-state index in [4.69, 9.17) is 0 Å². The van der Waals surface area contributed by atoms with Crippen LogP contribution in [-0.2, 0) is 17.8 Å². The van der Waals surface area contributed by atoms with Gasteiger partial charge in [-0.05, 0) is 25.7 Å². The summed E-state index contributed by atoms with van der Waals surface area (Å²) in [4.78, 5) is 24.5. The van der Waals surface area contributed by atoms with E-state index in [9.17, 15) is 4.79 Å². The number of nitrogens with zero attached hydrogens (tertiary/aromatic N) is 5. The first-order valence-corrected chi connectivity index (χ1v) is 9.34. The van der Waals surface area contributed by atoms with E-state index in [1.54, 1.807) is 17.5 Å². The summed E-state index contributed by atoms with van der Waals surface area (Å²) < 4.78 is 4.07. The number of thiazole rings is 1. The molecule has 0 unspecified atom stereocenters. The van der Waals surface area contributed by atoms with Crippen LogP contribution in [0.15, 0.2) is 36.5 Å². The van der Waals surface area contributed by atoms with Crippen molar-refractivity contribution in [3.63, 3.8) is 0 Å². The molecule has 7 heteroatoms. The van der Waals surface area contributed by atoms with E-state index in [0.717, 1.165) is 43.0 Å². The molecule has 1 saturated heterocycles. The van der Waals surface area contributed by atoms with Crippen LogP contribution in [0.3, 0.4) is 0 Å². The molecule has 1 aliphatic heterocycles. The Morgan fingerprint density at radius 3 is 3.12 bits per heavy atom. The van der Waals surface area contributed by atoms with Gasteiger partial charge in [-0.2, -0.15) is 0 Å². The number of hydrogen-bond acceptors (Lipinski definition) is 4. The Bertz CT molecular complexity index is 778. The Labute approximate surface area is 144 Å². The third-order valence-corrected chi connectivity index (χ3v) is 5.47. The summed E-state index contributed by atoms with van der Waals surface area (Å²) in [5.74, 6) is 0.205. The molecule has 0 radical (unpaired) electrons. The Morgan fingerprint density at radius 1 is 1.33 bits per heavy atom. The lowest BCUT2D eigenvalue weighted by molar-refractivity contribution is -0.134. The van der Waals surface area contributed by atoms with Gasteiger partial charge in [0.25, 0.3) is 0 Å². The third kappa shape index (κ3) is 3.21. The van der Waals surface area contributed by atoms with E-state index < -0.39 is 0 Å². The SMILES string of the molecule is O=C(Cc1cn2ccsc2n1)N1CCCC[C@H]1CCn1ccnc1. The number of piperidine rings is 1. The van der Waals surface area contributed by atoms with Gasteiger partial charge in [0.15, 0.2) is 4.96 Å². The van der Waals surface area contributed by atoms with Crippen molar-refractivity contribution < 1.29 is 4.79 Å². The molecular formula is C17H21N5OS. The Balaban J connectivity index is 1.41. The first-order valence-electron chi connectivity index (χ1n) is 8.46. The third-order valence-electron chi connectivity index (χ3n) is 4.70. The van der Waals surface area contributed by atoms with Crippen molar-refractivity contribution in [3.8, 4) is 0 Å². The van der Waals surface area contributed by atoms with Gasteiger partial charge in [-0.1, -0.05) is 0 Å². The number of fused-ring (bicyclic) bond motifs is 1. The summed E-state index contributed by atoms with van der Waals surface area (Å²) in [5.41, 5.74) is 0.866. The Morgan fingerprint density at radius 2 is 2.29 bits per heavy atom. The summed E-state index contributed by atoms with van der Waals surface area (Å²) >= 11 is 1.60. The highest BCUT2D eigenvalue weighted by atomic mass is 32.1. The van der Waals surface area contributed by atoms with Gasteiger partial charge >= 0.3 is 0 Å². The van der Waals surface area contributed by atoms with Crippen molar-refractivity contribution in [2.45, 2.75) is 44.7 Å². The molecule has 0 saturated carbocycles. The van der Waals surface area contributed by atoms with Crippen molar-refractivity contribution in [3.05, 3.63) is 42.2 Å². The summed E-state index contributed by atoms with van der Waals surface area (Å²) in [6.07, 6.45) is 14.4. The lowest BCUT2D eigenvalue weighted by Gasteiger charge is -2.36. The lowest BCUT2D eigenvalue weighted by atomic mass is 9.98. The van der Waals surface area contributed by atoms with Crippen LogP contribution in [0.4, 0.5) is 0 Å². The normalized spacial score (nSPS) is 18.3. The van der Waals surface area contributed by atoms with Crippen molar-refractivity contribution in [1.82, 2.24) is 23.8 Å². The van der Waals surface area contributed by atoms with E-state index in [0.29, 0.717) is 12.5 Å². The average molecular weight is 343 g/mol. The fourth-order valence-electron chi connectivity index (χ4n) is 3.46. The molecule has 1 atom stereocenters. The highest BCUT2D eigenvalue weighted by molar-refractivity contribution is 7.15. The van der Waals surface area contributed by atoms with Crippen LogP contribution in [-0.4, -0.2) is 42.3 Å². The van der Waals surface area contributed by atoms with Crippen molar-refractivity contribution in [1.29, 1.82) is 0 Å². The second kappa shape index (κ2) is 6.76. The molecule has 0 aliphatic carbocycles. The molecule has 0 spiro atoms. The van der Waals surface area contributed by atoms with Crippen molar-refractivity contribution in [2.75, 3.05) is 6.54 Å². The molecular weight excluding hydrogens is 322 g/mol. The number of rotatable bonds is 5. The van der Waals surface area contributed by atoms with Gasteiger partial charge in [0.05, 0.1) is 18.4 Å². The van der Waals surface area contributed by atoms with Crippen molar-refractivity contribution >= 4 is 22.2 Å². The molecule has 3 aromatic heterocycles. The number of carbonyl (C=O) groups is 1. The van der Waals surface area contributed by atoms with Gasteiger partial charge in [0, 0.05) is 49.3 Å². The second-order valence-electron chi connectivity index (χ2n) is 6.33. The van der Waals surface area contributed by atoms with Crippen molar-refractivity contribution in [2.24, 2.45) is 0 Å². The van der Waals surface area contributed by atoms with Crippen LogP contribution in [0.2, 0.25) is 0 Å². The van der Waals surface area contributed by atoms with Crippen LogP contribution in [0.5, 0.6) is 0 Å². The predicted molar refractivity (Wildman–Crippen MR) is 93.0 cm³/mol. The van der Waals surface area contributed by atoms with E-state index >= 15 is 0 Å². The molecule has 1 fully saturated rings. The minimum absolute atomic E-state index is 0.205. The summed E-state index contributed by atoms with van der Waals surface area (Å²) in [7, 11) is 0. The molecule has 126 valence electrons. The van der Waals surface area contributed by atoms with Gasteiger partial charge in [0.2, 0.25) is 5.91 Å². The molecule has 4 heterocycles. The fraction of sp³-hybridized carbons (Fsp3) is 0.471. The monoisotopic (exact) mass is 343 g/mol. The van der Waals surface area contributed by atoms with E-state index in [1.165, 1.54) is 6.42 Å². The Kier molecular flexibility index (Phi) is 4.34. The molecule has 0 N–H and O–H groups in total. The fourth-order valence-corrected chi connectivity index (χ4v) is 4.18. The van der Waals surface area contributed by atoms with Gasteiger partial charge in [-0.15, -0.1) is 11.3 Å². The maximum Gasteiger partial charge on any atom is 0.228 e.